The summed E-state index contributed by atoms with van der Waals surface area (Å²) in [6.07, 6.45) is 1.55. The molecule has 0 amide bonds. The maximum Gasteiger partial charge on any atom is 0.194 e. The maximum absolute atomic E-state index is 13.9. The van der Waals surface area contributed by atoms with Gasteiger partial charge >= 0.3 is 0 Å². The highest BCUT2D eigenvalue weighted by molar-refractivity contribution is 7.92. The quantitative estimate of drug-likeness (QED) is 0.592. The number of aliphatic imine (C=N–C) groups is 1. The Hall–Kier alpha value is -1.67. The van der Waals surface area contributed by atoms with Gasteiger partial charge in [0.15, 0.2) is 15.8 Å². The van der Waals surface area contributed by atoms with Crippen LogP contribution in [0.15, 0.2) is 29.3 Å². The summed E-state index contributed by atoms with van der Waals surface area (Å²) >= 11 is 0. The molecule has 1 aromatic carbocycles. The summed E-state index contributed by atoms with van der Waals surface area (Å²) in [6, 6.07) is 6.77. The van der Waals surface area contributed by atoms with Gasteiger partial charge in [0, 0.05) is 38.3 Å². The predicted molar refractivity (Wildman–Crippen MR) is 114 cm³/mol. The third kappa shape index (κ3) is 4.74. The Bertz CT molecular complexity index is 848. The van der Waals surface area contributed by atoms with Gasteiger partial charge in [0.2, 0.25) is 0 Å². The van der Waals surface area contributed by atoms with Crippen molar-refractivity contribution in [1.82, 2.24) is 10.2 Å². The average Bonchev–Trinajstić information content (AvgIpc) is 2.68. The van der Waals surface area contributed by atoms with E-state index in [1.54, 1.807) is 26.0 Å². The van der Waals surface area contributed by atoms with E-state index in [0.717, 1.165) is 24.4 Å². The molecule has 29 heavy (non-hydrogen) atoms. The fourth-order valence-corrected chi connectivity index (χ4v) is 5.46. The number of ether oxygens (including phenoxy) is 1. The first-order valence-corrected chi connectivity index (χ1v) is 11.9. The summed E-state index contributed by atoms with van der Waals surface area (Å²) in [7, 11) is -3.12. The molecule has 8 heteroatoms. The number of sulfone groups is 1. The van der Waals surface area contributed by atoms with Crippen molar-refractivity contribution in [3.05, 3.63) is 35.6 Å². The van der Waals surface area contributed by atoms with Crippen LogP contribution in [0.3, 0.4) is 0 Å². The van der Waals surface area contributed by atoms with Crippen LogP contribution >= 0.6 is 0 Å². The van der Waals surface area contributed by atoms with Crippen LogP contribution in [0.2, 0.25) is 0 Å². The van der Waals surface area contributed by atoms with Crippen molar-refractivity contribution in [2.24, 2.45) is 4.99 Å². The summed E-state index contributed by atoms with van der Waals surface area (Å²) in [5, 5.41) is 3.31. The highest BCUT2D eigenvalue weighted by Crippen LogP contribution is 2.35. The molecule has 6 nitrogen and oxygen atoms in total. The lowest BCUT2D eigenvalue weighted by molar-refractivity contribution is 0.0529. The zero-order chi connectivity index (χ0) is 21.1. The van der Waals surface area contributed by atoms with Gasteiger partial charge in [-0.15, -0.1) is 0 Å². The van der Waals surface area contributed by atoms with Gasteiger partial charge in [0.05, 0.1) is 17.0 Å². The second kappa shape index (κ2) is 8.60. The topological polar surface area (TPSA) is 71.0 Å². The molecule has 0 aromatic heterocycles. The zero-order valence-corrected chi connectivity index (χ0v) is 18.4. The minimum atomic E-state index is -3.12. The highest BCUT2D eigenvalue weighted by atomic mass is 32.2. The molecule has 2 heterocycles. The molecule has 2 fully saturated rings. The molecule has 3 rings (SSSR count). The van der Waals surface area contributed by atoms with Gasteiger partial charge in [-0.3, -0.25) is 4.99 Å². The summed E-state index contributed by atoms with van der Waals surface area (Å²) in [5.41, 5.74) is 0.667. The van der Waals surface area contributed by atoms with Gasteiger partial charge in [-0.2, -0.15) is 0 Å². The number of nitrogens with zero attached hydrogens (tertiary/aromatic N) is 2. The lowest BCUT2D eigenvalue weighted by atomic mass is 9.74. The number of guanidine groups is 1. The standard InChI is InChI=1S/C21H32FN3O3S/c1-4-23-19(25-10-13-29(26,27)20(2,3)16-25)24-15-21(8-11-28-12-9-21)17-6-5-7-18(22)14-17/h5-7,14H,4,8-13,15-16H2,1-3H3,(H,23,24). The SMILES string of the molecule is CCNC(=NCC1(c2cccc(F)c2)CCOCC1)N1CCS(=O)(=O)C(C)(C)C1. The number of hydrogen-bond acceptors (Lipinski definition) is 4. The fourth-order valence-electron chi connectivity index (χ4n) is 4.10. The average molecular weight is 426 g/mol. The van der Waals surface area contributed by atoms with Crippen LogP contribution < -0.4 is 5.32 Å². The number of hydrogen-bond donors (Lipinski definition) is 1. The zero-order valence-electron chi connectivity index (χ0n) is 17.6. The van der Waals surface area contributed by atoms with Crippen molar-refractivity contribution in [1.29, 1.82) is 0 Å². The van der Waals surface area contributed by atoms with Crippen molar-refractivity contribution in [2.75, 3.05) is 45.1 Å². The van der Waals surface area contributed by atoms with Crippen molar-refractivity contribution in [2.45, 2.75) is 43.8 Å². The molecule has 0 spiro atoms. The Morgan fingerprint density at radius 3 is 2.66 bits per heavy atom. The lowest BCUT2D eigenvalue weighted by Crippen LogP contribution is -2.57. The molecular weight excluding hydrogens is 393 g/mol. The van der Waals surface area contributed by atoms with Gasteiger partial charge in [0.25, 0.3) is 0 Å². The van der Waals surface area contributed by atoms with Gasteiger partial charge in [-0.05, 0) is 51.3 Å². The van der Waals surface area contributed by atoms with Gasteiger partial charge < -0.3 is 15.0 Å². The van der Waals surface area contributed by atoms with Gasteiger partial charge in [-0.1, -0.05) is 12.1 Å². The molecule has 0 aliphatic carbocycles. The molecule has 1 N–H and O–H groups in total. The number of rotatable bonds is 4. The van der Waals surface area contributed by atoms with Crippen LogP contribution in [0.25, 0.3) is 0 Å². The third-order valence-electron chi connectivity index (χ3n) is 6.10. The third-order valence-corrected chi connectivity index (χ3v) is 8.63. The van der Waals surface area contributed by atoms with Gasteiger partial charge in [0.1, 0.15) is 5.82 Å². The first-order valence-electron chi connectivity index (χ1n) is 10.3. The van der Waals surface area contributed by atoms with Crippen LogP contribution in [-0.4, -0.2) is 69.2 Å². The molecule has 0 saturated carbocycles. The molecule has 2 saturated heterocycles. The molecule has 0 atom stereocenters. The normalized spacial score (nSPS) is 23.6. The molecule has 1 aromatic rings. The Kier molecular flexibility index (Phi) is 6.53. The maximum atomic E-state index is 13.9. The first-order chi connectivity index (χ1) is 13.7. The highest BCUT2D eigenvalue weighted by Gasteiger charge is 2.41. The Labute approximate surface area is 173 Å². The molecule has 2 aliphatic rings. The predicted octanol–water partition coefficient (Wildman–Crippen LogP) is 2.35. The van der Waals surface area contributed by atoms with E-state index < -0.39 is 14.6 Å². The fraction of sp³-hybridized carbons (Fsp3) is 0.667. The van der Waals surface area contributed by atoms with E-state index in [2.05, 4.69) is 5.32 Å². The molecule has 2 aliphatic heterocycles. The van der Waals surface area contributed by atoms with Gasteiger partial charge in [-0.25, -0.2) is 12.8 Å². The van der Waals surface area contributed by atoms with E-state index in [0.29, 0.717) is 39.4 Å². The van der Waals surface area contributed by atoms with Crippen LogP contribution in [0.4, 0.5) is 4.39 Å². The molecular formula is C21H32FN3O3S. The van der Waals surface area contributed by atoms with E-state index in [4.69, 9.17) is 9.73 Å². The van der Waals surface area contributed by atoms with Crippen LogP contribution in [0.1, 0.15) is 39.2 Å². The van der Waals surface area contributed by atoms with Crippen molar-refractivity contribution >= 4 is 15.8 Å². The Balaban J connectivity index is 1.87. The van der Waals surface area contributed by atoms with E-state index in [1.807, 2.05) is 17.9 Å². The summed E-state index contributed by atoms with van der Waals surface area (Å²) in [6.45, 7) is 8.80. The molecule has 162 valence electrons. The first kappa shape index (κ1) is 22.0. The molecule has 0 bridgehead atoms. The summed E-state index contributed by atoms with van der Waals surface area (Å²) in [5.74, 6) is 0.595. The molecule has 0 unspecified atom stereocenters. The van der Waals surface area contributed by atoms with Crippen LogP contribution in [0.5, 0.6) is 0 Å². The summed E-state index contributed by atoms with van der Waals surface area (Å²) in [4.78, 5) is 6.94. The van der Waals surface area contributed by atoms with Crippen molar-refractivity contribution in [3.8, 4) is 0 Å². The Morgan fingerprint density at radius 2 is 2.03 bits per heavy atom. The van der Waals surface area contributed by atoms with E-state index in [-0.39, 0.29) is 17.0 Å². The minimum absolute atomic E-state index is 0.118. The minimum Gasteiger partial charge on any atom is -0.381 e. The Morgan fingerprint density at radius 1 is 1.31 bits per heavy atom. The largest absolute Gasteiger partial charge is 0.381 e. The van der Waals surface area contributed by atoms with Crippen molar-refractivity contribution in [3.63, 3.8) is 0 Å². The van der Waals surface area contributed by atoms with E-state index in [1.165, 1.54) is 6.07 Å². The van der Waals surface area contributed by atoms with Crippen LogP contribution in [-0.2, 0) is 20.0 Å². The van der Waals surface area contributed by atoms with E-state index in [9.17, 15) is 12.8 Å². The smallest absolute Gasteiger partial charge is 0.194 e. The number of halogens is 1. The van der Waals surface area contributed by atoms with Crippen molar-refractivity contribution < 1.29 is 17.5 Å². The number of nitrogens with one attached hydrogen (secondary N) is 1. The second-order valence-electron chi connectivity index (χ2n) is 8.57. The lowest BCUT2D eigenvalue weighted by Gasteiger charge is -2.40. The van der Waals surface area contributed by atoms with Crippen LogP contribution in [0, 0.1) is 5.82 Å². The summed E-state index contributed by atoms with van der Waals surface area (Å²) < 4.78 is 43.4. The van der Waals surface area contributed by atoms with E-state index >= 15 is 0 Å². The number of benzene rings is 1. The second-order valence-corrected chi connectivity index (χ2v) is 11.3. The monoisotopic (exact) mass is 425 g/mol. The molecule has 0 radical (unpaired) electrons.